The molecule has 3 heteroatoms. The summed E-state index contributed by atoms with van der Waals surface area (Å²) >= 11 is 3.55. The highest BCUT2D eigenvalue weighted by Crippen LogP contribution is 2.28. The molecule has 0 bridgehead atoms. The Kier molecular flexibility index (Phi) is 4.24. The molecule has 0 aromatic heterocycles. The Bertz CT molecular complexity index is 342. The van der Waals surface area contributed by atoms with Crippen LogP contribution in [0.5, 0.6) is 0 Å². The van der Waals surface area contributed by atoms with Gasteiger partial charge in [0.1, 0.15) is 0 Å². The zero-order valence-electron chi connectivity index (χ0n) is 9.66. The molecule has 2 rings (SSSR count). The Hall–Kier alpha value is -0.540. The van der Waals surface area contributed by atoms with Gasteiger partial charge in [0.2, 0.25) is 0 Å². The van der Waals surface area contributed by atoms with Crippen molar-refractivity contribution >= 4 is 21.6 Å². The quantitative estimate of drug-likeness (QED) is 0.788. The highest BCUT2D eigenvalue weighted by molar-refractivity contribution is 9.08. The van der Waals surface area contributed by atoms with E-state index in [1.807, 2.05) is 0 Å². The fourth-order valence-electron chi connectivity index (χ4n) is 2.36. The third-order valence-electron chi connectivity index (χ3n) is 3.16. The van der Waals surface area contributed by atoms with Crippen LogP contribution in [0, 0.1) is 5.92 Å². The molecule has 1 atom stereocenters. The molecule has 88 valence electrons. The van der Waals surface area contributed by atoms with Crippen molar-refractivity contribution in [2.45, 2.75) is 11.8 Å². The summed E-state index contributed by atoms with van der Waals surface area (Å²) in [7, 11) is 1.79. The highest BCUT2D eigenvalue weighted by atomic mass is 79.9. The van der Waals surface area contributed by atoms with E-state index in [1.54, 1.807) is 7.11 Å². The molecule has 1 aromatic carbocycles. The van der Waals surface area contributed by atoms with Crippen molar-refractivity contribution in [2.24, 2.45) is 5.92 Å². The molecule has 1 aliphatic rings. The summed E-state index contributed by atoms with van der Waals surface area (Å²) in [6, 6.07) is 8.62. The minimum Gasteiger partial charge on any atom is -0.384 e. The zero-order valence-corrected chi connectivity index (χ0v) is 11.2. The lowest BCUT2D eigenvalue weighted by Crippen LogP contribution is -2.21. The molecule has 0 N–H and O–H groups in total. The number of benzene rings is 1. The summed E-state index contributed by atoms with van der Waals surface area (Å²) in [6.07, 6.45) is 1.24. The number of anilines is 1. The molecule has 1 fully saturated rings. The van der Waals surface area contributed by atoms with Gasteiger partial charge in [-0.2, -0.15) is 0 Å². The van der Waals surface area contributed by atoms with Crippen LogP contribution in [0.25, 0.3) is 0 Å². The van der Waals surface area contributed by atoms with Gasteiger partial charge in [-0.3, -0.25) is 0 Å². The van der Waals surface area contributed by atoms with Crippen molar-refractivity contribution in [1.29, 1.82) is 0 Å². The zero-order chi connectivity index (χ0) is 11.4. The van der Waals surface area contributed by atoms with Crippen LogP contribution in [0.15, 0.2) is 24.3 Å². The molecular weight excluding hydrogens is 266 g/mol. The molecule has 0 saturated carbocycles. The lowest BCUT2D eigenvalue weighted by molar-refractivity contribution is 0.161. The largest absolute Gasteiger partial charge is 0.384 e. The number of para-hydroxylation sites is 1. The minimum atomic E-state index is 0.688. The van der Waals surface area contributed by atoms with Crippen LogP contribution < -0.4 is 4.90 Å². The van der Waals surface area contributed by atoms with Crippen molar-refractivity contribution < 1.29 is 4.74 Å². The molecular formula is C13H18BrNO. The third kappa shape index (κ3) is 2.58. The maximum Gasteiger partial charge on any atom is 0.0508 e. The van der Waals surface area contributed by atoms with E-state index in [9.17, 15) is 0 Å². The van der Waals surface area contributed by atoms with Gasteiger partial charge in [0.05, 0.1) is 6.61 Å². The molecule has 1 unspecified atom stereocenters. The molecule has 0 amide bonds. The second-order valence-corrected chi connectivity index (χ2v) is 4.88. The van der Waals surface area contributed by atoms with Crippen LogP contribution in [-0.2, 0) is 10.1 Å². The summed E-state index contributed by atoms with van der Waals surface area (Å²) in [6.45, 7) is 3.16. The van der Waals surface area contributed by atoms with Gasteiger partial charge in [-0.05, 0) is 18.1 Å². The van der Waals surface area contributed by atoms with E-state index >= 15 is 0 Å². The SMILES string of the molecule is COCC1CCN(c2ccccc2CBr)C1. The van der Waals surface area contributed by atoms with Gasteiger partial charge in [-0.15, -0.1) is 0 Å². The van der Waals surface area contributed by atoms with Gasteiger partial charge in [0.15, 0.2) is 0 Å². The fourth-order valence-corrected chi connectivity index (χ4v) is 2.83. The summed E-state index contributed by atoms with van der Waals surface area (Å²) in [5.74, 6) is 0.688. The molecule has 1 aliphatic heterocycles. The number of hydrogen-bond donors (Lipinski definition) is 0. The van der Waals surface area contributed by atoms with E-state index in [0.29, 0.717) is 5.92 Å². The topological polar surface area (TPSA) is 12.5 Å². The summed E-state index contributed by atoms with van der Waals surface area (Å²) in [5.41, 5.74) is 2.75. The van der Waals surface area contributed by atoms with Gasteiger partial charge < -0.3 is 9.64 Å². The Morgan fingerprint density at radius 1 is 1.44 bits per heavy atom. The van der Waals surface area contributed by atoms with Gasteiger partial charge in [-0.1, -0.05) is 34.1 Å². The van der Waals surface area contributed by atoms with Crippen LogP contribution in [0.3, 0.4) is 0 Å². The Balaban J connectivity index is 2.08. The molecule has 16 heavy (non-hydrogen) atoms. The van der Waals surface area contributed by atoms with E-state index in [-0.39, 0.29) is 0 Å². The van der Waals surface area contributed by atoms with Gasteiger partial charge >= 0.3 is 0 Å². The number of hydrogen-bond acceptors (Lipinski definition) is 2. The minimum absolute atomic E-state index is 0.688. The van der Waals surface area contributed by atoms with Crippen molar-refractivity contribution in [3.05, 3.63) is 29.8 Å². The fraction of sp³-hybridized carbons (Fsp3) is 0.538. The lowest BCUT2D eigenvalue weighted by Gasteiger charge is -2.21. The number of halogens is 1. The average molecular weight is 284 g/mol. The first-order chi connectivity index (χ1) is 7.85. The maximum absolute atomic E-state index is 5.23. The Morgan fingerprint density at radius 2 is 2.25 bits per heavy atom. The summed E-state index contributed by atoms with van der Waals surface area (Å²) in [5, 5.41) is 0.925. The second kappa shape index (κ2) is 5.69. The van der Waals surface area contributed by atoms with Gasteiger partial charge in [0, 0.05) is 37.1 Å². The van der Waals surface area contributed by atoms with Crippen LogP contribution in [-0.4, -0.2) is 26.8 Å². The number of methoxy groups -OCH3 is 1. The van der Waals surface area contributed by atoms with Crippen molar-refractivity contribution in [3.63, 3.8) is 0 Å². The molecule has 0 aliphatic carbocycles. The highest BCUT2D eigenvalue weighted by Gasteiger charge is 2.23. The van der Waals surface area contributed by atoms with Crippen LogP contribution in [0.2, 0.25) is 0 Å². The van der Waals surface area contributed by atoms with Crippen molar-refractivity contribution in [3.8, 4) is 0 Å². The molecule has 0 spiro atoms. The maximum atomic E-state index is 5.23. The first kappa shape index (κ1) is 11.9. The Morgan fingerprint density at radius 3 is 3.00 bits per heavy atom. The van der Waals surface area contributed by atoms with E-state index in [2.05, 4.69) is 45.1 Å². The third-order valence-corrected chi connectivity index (χ3v) is 3.77. The predicted octanol–water partition coefficient (Wildman–Crippen LogP) is 3.05. The van der Waals surface area contributed by atoms with Crippen LogP contribution in [0.4, 0.5) is 5.69 Å². The number of nitrogens with zero attached hydrogens (tertiary/aromatic N) is 1. The molecule has 1 aromatic rings. The number of rotatable bonds is 4. The Labute approximate surface area is 106 Å². The standard InChI is InChI=1S/C13H18BrNO/c1-16-10-11-6-7-15(9-11)13-5-3-2-4-12(13)8-14/h2-5,11H,6-10H2,1H3. The van der Waals surface area contributed by atoms with Gasteiger partial charge in [-0.25, -0.2) is 0 Å². The van der Waals surface area contributed by atoms with Crippen molar-refractivity contribution in [2.75, 3.05) is 31.7 Å². The number of alkyl halides is 1. The van der Waals surface area contributed by atoms with Crippen molar-refractivity contribution in [1.82, 2.24) is 0 Å². The second-order valence-electron chi connectivity index (χ2n) is 4.32. The summed E-state index contributed by atoms with van der Waals surface area (Å²) < 4.78 is 5.23. The molecule has 2 nitrogen and oxygen atoms in total. The van der Waals surface area contributed by atoms with Crippen LogP contribution in [0.1, 0.15) is 12.0 Å². The monoisotopic (exact) mass is 283 g/mol. The predicted molar refractivity (Wildman–Crippen MR) is 71.3 cm³/mol. The normalized spacial score (nSPS) is 20.4. The first-order valence-corrected chi connectivity index (χ1v) is 6.85. The lowest BCUT2D eigenvalue weighted by atomic mass is 10.1. The van der Waals surface area contributed by atoms with E-state index < -0.39 is 0 Å². The van der Waals surface area contributed by atoms with E-state index in [0.717, 1.165) is 25.0 Å². The van der Waals surface area contributed by atoms with E-state index in [4.69, 9.17) is 4.74 Å². The first-order valence-electron chi connectivity index (χ1n) is 5.73. The smallest absolute Gasteiger partial charge is 0.0508 e. The molecule has 1 heterocycles. The molecule has 1 saturated heterocycles. The van der Waals surface area contributed by atoms with Crippen LogP contribution >= 0.6 is 15.9 Å². The number of ether oxygens (including phenoxy) is 1. The summed E-state index contributed by atoms with van der Waals surface area (Å²) in [4.78, 5) is 2.47. The van der Waals surface area contributed by atoms with E-state index in [1.165, 1.54) is 17.7 Å². The van der Waals surface area contributed by atoms with Gasteiger partial charge in [0.25, 0.3) is 0 Å². The average Bonchev–Trinajstić information content (AvgIpc) is 2.78. The molecule has 0 radical (unpaired) electrons.